The topological polar surface area (TPSA) is 82.6 Å². The fourth-order valence-corrected chi connectivity index (χ4v) is 5.50. The van der Waals surface area contributed by atoms with Gasteiger partial charge in [-0.1, -0.05) is 30.8 Å². The van der Waals surface area contributed by atoms with Crippen molar-refractivity contribution in [2.75, 3.05) is 26.2 Å². The standard InChI is InChI=1S/C24H25N3O4/c1-15-18-3-2-4-20-19(16-9-11-25(12-10-16)14-23(29)30)6-7-21(24(18)20)27(15)17-5-8-22(28)26(31)13-17/h2-4,6-7,16-17H,1,5,8-14H2/p+1. The number of piperidine rings is 2. The van der Waals surface area contributed by atoms with Gasteiger partial charge in [0.1, 0.15) is 0 Å². The molecule has 7 nitrogen and oxygen atoms in total. The van der Waals surface area contributed by atoms with E-state index in [0.717, 1.165) is 42.2 Å². The molecule has 3 heterocycles. The summed E-state index contributed by atoms with van der Waals surface area (Å²) in [6.07, 6.45) is 2.79. The molecule has 2 saturated heterocycles. The number of nitrogens with zero attached hydrogens (tertiary/aromatic N) is 3. The van der Waals surface area contributed by atoms with Crippen LogP contribution in [0.1, 0.15) is 43.2 Å². The van der Waals surface area contributed by atoms with E-state index in [1.165, 1.54) is 16.3 Å². The lowest BCUT2D eigenvalue weighted by atomic mass is 9.86. The summed E-state index contributed by atoms with van der Waals surface area (Å²) in [6.45, 7) is 6.17. The molecule has 1 aromatic heterocycles. The summed E-state index contributed by atoms with van der Waals surface area (Å²) < 4.78 is 2.73. The van der Waals surface area contributed by atoms with Crippen LogP contribution < -0.4 is 5.35 Å². The van der Waals surface area contributed by atoms with Crippen LogP contribution in [0.15, 0.2) is 30.3 Å². The highest BCUT2D eigenvalue weighted by atomic mass is 16.4. The van der Waals surface area contributed by atoms with E-state index in [9.17, 15) is 14.5 Å². The molecule has 160 valence electrons. The van der Waals surface area contributed by atoms with Gasteiger partial charge in [0.15, 0.2) is 0 Å². The zero-order chi connectivity index (χ0) is 21.7. The first-order valence-corrected chi connectivity index (χ1v) is 10.9. The van der Waals surface area contributed by atoms with E-state index in [1.54, 1.807) is 0 Å². The number of hydrogen-bond donors (Lipinski definition) is 1. The van der Waals surface area contributed by atoms with Crippen molar-refractivity contribution in [3.8, 4) is 0 Å². The summed E-state index contributed by atoms with van der Waals surface area (Å²) in [7, 11) is 0. The monoisotopic (exact) mass is 420 g/mol. The van der Waals surface area contributed by atoms with Gasteiger partial charge in [0.05, 0.1) is 29.3 Å². The Morgan fingerprint density at radius 2 is 1.87 bits per heavy atom. The Bertz CT molecular complexity index is 1250. The summed E-state index contributed by atoms with van der Waals surface area (Å²) in [5.74, 6) is -0.724. The molecule has 2 aromatic carbocycles. The molecule has 1 unspecified atom stereocenters. The number of nitroso groups, excluding NO2 is 1. The molecule has 3 aromatic rings. The Balaban J connectivity index is 1.54. The highest BCUT2D eigenvalue weighted by Crippen LogP contribution is 2.38. The van der Waals surface area contributed by atoms with E-state index in [4.69, 9.17) is 5.11 Å². The number of benzene rings is 2. The summed E-state index contributed by atoms with van der Waals surface area (Å²) in [4.78, 5) is 36.7. The van der Waals surface area contributed by atoms with Gasteiger partial charge in [-0.25, -0.2) is 4.79 Å². The third kappa shape index (κ3) is 3.33. The van der Waals surface area contributed by atoms with Gasteiger partial charge >= 0.3 is 11.9 Å². The molecular formula is C24H26N3O4+. The predicted octanol–water partition coefficient (Wildman–Crippen LogP) is 2.83. The van der Waals surface area contributed by atoms with Crippen molar-refractivity contribution in [2.45, 2.75) is 37.6 Å². The van der Waals surface area contributed by atoms with Gasteiger partial charge in [-0.2, -0.15) is 0 Å². The Hall–Kier alpha value is -3.06. The van der Waals surface area contributed by atoms with E-state index in [-0.39, 0.29) is 31.5 Å². The lowest BCUT2D eigenvalue weighted by Crippen LogP contribution is -2.36. The van der Waals surface area contributed by atoms with Crippen molar-refractivity contribution in [3.63, 3.8) is 0 Å². The van der Waals surface area contributed by atoms with Crippen molar-refractivity contribution in [1.82, 2.24) is 9.47 Å². The highest BCUT2D eigenvalue weighted by Gasteiger charge is 2.35. The zero-order valence-electron chi connectivity index (χ0n) is 17.4. The molecule has 2 fully saturated rings. The number of rotatable bonds is 4. The Labute approximate surface area is 179 Å². The first-order valence-electron chi connectivity index (χ1n) is 10.9. The van der Waals surface area contributed by atoms with Crippen molar-refractivity contribution < 1.29 is 19.5 Å². The minimum atomic E-state index is -0.775. The molecule has 0 saturated carbocycles. The molecule has 0 spiro atoms. The van der Waals surface area contributed by atoms with Gasteiger partial charge in [0.25, 0.3) is 0 Å². The van der Waals surface area contributed by atoms with Gasteiger partial charge < -0.3 is 9.67 Å². The van der Waals surface area contributed by atoms with Gasteiger partial charge in [0, 0.05) is 21.0 Å². The molecular weight excluding hydrogens is 394 g/mol. The van der Waals surface area contributed by atoms with Crippen LogP contribution in [0.2, 0.25) is 0 Å². The number of carbonyl (C=O) groups is 2. The number of aromatic nitrogens is 1. The van der Waals surface area contributed by atoms with E-state index >= 15 is 0 Å². The minimum absolute atomic E-state index is 0.0663. The molecule has 2 aliphatic heterocycles. The molecule has 2 aliphatic rings. The van der Waals surface area contributed by atoms with Crippen molar-refractivity contribution in [2.24, 2.45) is 0 Å². The first kappa shape index (κ1) is 19.9. The van der Waals surface area contributed by atoms with E-state index < -0.39 is 5.97 Å². The normalized spacial score (nSPS) is 21.4. The highest BCUT2D eigenvalue weighted by molar-refractivity contribution is 6.11. The Morgan fingerprint density at radius 1 is 1.13 bits per heavy atom. The number of aliphatic carboxylic acids is 1. The van der Waals surface area contributed by atoms with Gasteiger partial charge in [-0.05, 0) is 55.3 Å². The van der Waals surface area contributed by atoms with Crippen LogP contribution in [-0.4, -0.2) is 57.4 Å². The predicted molar refractivity (Wildman–Crippen MR) is 118 cm³/mol. The quantitative estimate of drug-likeness (QED) is 0.657. The average molecular weight is 420 g/mol. The lowest BCUT2D eigenvalue weighted by Gasteiger charge is -2.31. The number of carbonyl (C=O) groups excluding carboxylic acids is 1. The SMILES string of the molecule is C=c1c2cccc3c(C4CCN(CC(=O)O)CC4)ccc(c32)n1C1CCC(=O)[N+](=O)C1. The maximum Gasteiger partial charge on any atom is 0.433 e. The van der Waals surface area contributed by atoms with Crippen molar-refractivity contribution >= 4 is 40.1 Å². The number of carboxylic acid groups (broad SMARTS) is 1. The second-order valence-corrected chi connectivity index (χ2v) is 8.81. The van der Waals surface area contributed by atoms with E-state index in [2.05, 4.69) is 41.5 Å². The van der Waals surface area contributed by atoms with Crippen LogP contribution in [0.3, 0.4) is 0 Å². The van der Waals surface area contributed by atoms with Gasteiger partial charge in [-0.3, -0.25) is 9.69 Å². The van der Waals surface area contributed by atoms with Gasteiger partial charge in [-0.15, -0.1) is 0 Å². The molecule has 1 atom stereocenters. The third-order valence-electron chi connectivity index (χ3n) is 7.01. The second-order valence-electron chi connectivity index (χ2n) is 8.81. The Morgan fingerprint density at radius 3 is 2.58 bits per heavy atom. The molecule has 0 aliphatic carbocycles. The number of carboxylic acids is 1. The molecule has 5 rings (SSSR count). The third-order valence-corrected chi connectivity index (χ3v) is 7.01. The van der Waals surface area contributed by atoms with Crippen LogP contribution in [-0.2, 0) is 9.59 Å². The summed E-state index contributed by atoms with van der Waals surface area (Å²) >= 11 is 0. The van der Waals surface area contributed by atoms with Crippen molar-refractivity contribution in [1.29, 1.82) is 0 Å². The fourth-order valence-electron chi connectivity index (χ4n) is 5.50. The number of hydrogen-bond acceptors (Lipinski definition) is 4. The smallest absolute Gasteiger partial charge is 0.433 e. The lowest BCUT2D eigenvalue weighted by molar-refractivity contribution is -0.482. The zero-order valence-corrected chi connectivity index (χ0v) is 17.4. The molecule has 7 heteroatoms. The fraction of sp³-hybridized carbons (Fsp3) is 0.417. The maximum absolute atomic E-state index is 12.0. The van der Waals surface area contributed by atoms with Crippen LogP contribution in [0.5, 0.6) is 0 Å². The van der Waals surface area contributed by atoms with E-state index in [0.29, 0.717) is 17.1 Å². The molecule has 0 bridgehead atoms. The van der Waals surface area contributed by atoms with Crippen molar-refractivity contribution in [3.05, 3.63) is 46.2 Å². The number of likely N-dealkylation sites (tertiary alicyclic amines) is 1. The molecule has 1 amide bonds. The number of amides is 1. The van der Waals surface area contributed by atoms with Crippen LogP contribution in [0.25, 0.3) is 28.3 Å². The van der Waals surface area contributed by atoms with E-state index in [1.807, 2.05) is 4.90 Å². The average Bonchev–Trinajstić information content (AvgIpc) is 3.04. The summed E-state index contributed by atoms with van der Waals surface area (Å²) in [5.41, 5.74) is 2.37. The molecule has 0 radical (unpaired) electrons. The largest absolute Gasteiger partial charge is 0.480 e. The van der Waals surface area contributed by atoms with Gasteiger partial charge in [0.2, 0.25) is 6.54 Å². The first-order chi connectivity index (χ1) is 14.9. The maximum atomic E-state index is 12.0. The Kier molecular flexibility index (Phi) is 4.85. The summed E-state index contributed by atoms with van der Waals surface area (Å²) in [6, 6.07) is 10.5. The summed E-state index contributed by atoms with van der Waals surface area (Å²) in [5, 5.41) is 13.4. The van der Waals surface area contributed by atoms with Crippen LogP contribution in [0.4, 0.5) is 0 Å². The van der Waals surface area contributed by atoms with Crippen LogP contribution >= 0.6 is 0 Å². The molecule has 1 N–H and O–H groups in total. The second kappa shape index (κ2) is 7.57. The van der Waals surface area contributed by atoms with Crippen LogP contribution in [0, 0.1) is 4.91 Å². The molecule has 31 heavy (non-hydrogen) atoms. The minimum Gasteiger partial charge on any atom is -0.480 e.